The summed E-state index contributed by atoms with van der Waals surface area (Å²) in [4.78, 5) is 27.1. The van der Waals surface area contributed by atoms with Gasteiger partial charge in [-0.15, -0.1) is 0 Å². The number of piperidine rings is 1. The van der Waals surface area contributed by atoms with E-state index in [1.54, 1.807) is 16.2 Å². The lowest BCUT2D eigenvalue weighted by Crippen LogP contribution is -2.50. The lowest BCUT2D eigenvalue weighted by molar-refractivity contribution is -0.133. The summed E-state index contributed by atoms with van der Waals surface area (Å²) < 4.78 is 3.20. The Morgan fingerprint density at radius 2 is 1.72 bits per heavy atom. The van der Waals surface area contributed by atoms with Crippen LogP contribution < -0.4 is 11.0 Å². The number of para-hydroxylation sites is 2. The summed E-state index contributed by atoms with van der Waals surface area (Å²) in [6.07, 6.45) is 5.94. The van der Waals surface area contributed by atoms with Crippen LogP contribution >= 0.6 is 0 Å². The number of aromatic nitrogens is 2. The molecule has 2 aromatic rings. The molecule has 4 rings (SSSR count). The fourth-order valence-electron chi connectivity index (χ4n) is 3.96. The molecule has 1 aromatic heterocycles. The number of rotatable bonds is 4. The highest BCUT2D eigenvalue weighted by atomic mass is 16.2. The van der Waals surface area contributed by atoms with Gasteiger partial charge in [0.1, 0.15) is 6.54 Å². The van der Waals surface area contributed by atoms with Crippen molar-refractivity contribution in [3.8, 4) is 0 Å². The molecule has 0 radical (unpaired) electrons. The van der Waals surface area contributed by atoms with E-state index < -0.39 is 0 Å². The Morgan fingerprint density at radius 3 is 2.36 bits per heavy atom. The molecule has 2 fully saturated rings. The van der Waals surface area contributed by atoms with Crippen LogP contribution in [0.2, 0.25) is 0 Å². The second kappa shape index (κ2) is 6.67. The first kappa shape index (κ1) is 16.4. The molecule has 134 valence electrons. The molecule has 2 heterocycles. The molecule has 1 amide bonds. The normalized spacial score (nSPS) is 19.3. The van der Waals surface area contributed by atoms with Gasteiger partial charge in [-0.1, -0.05) is 18.6 Å². The van der Waals surface area contributed by atoms with Gasteiger partial charge in [0.25, 0.3) is 0 Å². The lowest BCUT2D eigenvalue weighted by Gasteiger charge is -2.37. The molecule has 1 aromatic carbocycles. The number of amides is 1. The Bertz CT molecular complexity index is 826. The van der Waals surface area contributed by atoms with Crippen molar-refractivity contribution in [3.63, 3.8) is 0 Å². The van der Waals surface area contributed by atoms with Gasteiger partial charge in [-0.05, 0) is 37.8 Å². The fraction of sp³-hybridized carbons (Fsp3) is 0.579. The molecule has 1 aliphatic heterocycles. The van der Waals surface area contributed by atoms with Crippen LogP contribution in [0.15, 0.2) is 29.1 Å². The first-order valence-corrected chi connectivity index (χ1v) is 9.31. The third-order valence-electron chi connectivity index (χ3n) is 5.77. The summed E-state index contributed by atoms with van der Waals surface area (Å²) in [5, 5.41) is 3.70. The van der Waals surface area contributed by atoms with E-state index in [0.29, 0.717) is 12.1 Å². The highest BCUT2D eigenvalue weighted by Gasteiger charge is 2.27. The van der Waals surface area contributed by atoms with Crippen LogP contribution in [-0.2, 0) is 18.4 Å². The number of likely N-dealkylation sites (tertiary alicyclic amines) is 1. The zero-order valence-electron chi connectivity index (χ0n) is 14.8. The molecule has 2 aliphatic rings. The Morgan fingerprint density at radius 1 is 1.08 bits per heavy atom. The second-order valence-corrected chi connectivity index (χ2v) is 7.37. The molecule has 1 N–H and O–H groups in total. The van der Waals surface area contributed by atoms with Gasteiger partial charge < -0.3 is 10.2 Å². The SMILES string of the molecule is Cn1c(=O)n(CC(=O)N2CCC(NC3CCC3)CC2)c2ccccc21. The van der Waals surface area contributed by atoms with E-state index in [2.05, 4.69) is 5.32 Å². The molecule has 6 heteroatoms. The number of carbonyl (C=O) groups is 1. The van der Waals surface area contributed by atoms with Gasteiger partial charge >= 0.3 is 5.69 Å². The number of nitrogens with one attached hydrogen (secondary N) is 1. The minimum Gasteiger partial charge on any atom is -0.341 e. The molecular weight excluding hydrogens is 316 g/mol. The number of imidazole rings is 1. The predicted octanol–water partition coefficient (Wildman–Crippen LogP) is 1.47. The number of aryl methyl sites for hydroxylation is 1. The third-order valence-corrected chi connectivity index (χ3v) is 5.77. The summed E-state index contributed by atoms with van der Waals surface area (Å²) in [6.45, 7) is 1.69. The molecule has 0 unspecified atom stereocenters. The van der Waals surface area contributed by atoms with Crippen LogP contribution in [0.4, 0.5) is 0 Å². The summed E-state index contributed by atoms with van der Waals surface area (Å²) in [5.74, 6) is 0.0422. The van der Waals surface area contributed by atoms with E-state index in [9.17, 15) is 9.59 Å². The van der Waals surface area contributed by atoms with Gasteiger partial charge in [0.2, 0.25) is 5.91 Å². The molecule has 1 aliphatic carbocycles. The Balaban J connectivity index is 1.41. The Hall–Kier alpha value is -2.08. The monoisotopic (exact) mass is 342 g/mol. The van der Waals surface area contributed by atoms with E-state index in [4.69, 9.17) is 0 Å². The number of hydrogen-bond acceptors (Lipinski definition) is 3. The van der Waals surface area contributed by atoms with Crippen molar-refractivity contribution in [1.29, 1.82) is 0 Å². The van der Waals surface area contributed by atoms with Crippen molar-refractivity contribution in [3.05, 3.63) is 34.7 Å². The van der Waals surface area contributed by atoms with Gasteiger partial charge in [-0.2, -0.15) is 0 Å². The van der Waals surface area contributed by atoms with Crippen LogP contribution in [0.25, 0.3) is 11.0 Å². The average Bonchev–Trinajstić information content (AvgIpc) is 2.84. The zero-order valence-corrected chi connectivity index (χ0v) is 14.8. The minimum atomic E-state index is -0.129. The van der Waals surface area contributed by atoms with Crippen molar-refractivity contribution in [1.82, 2.24) is 19.4 Å². The van der Waals surface area contributed by atoms with E-state index in [0.717, 1.165) is 37.0 Å². The van der Waals surface area contributed by atoms with Gasteiger partial charge in [-0.3, -0.25) is 13.9 Å². The Labute approximate surface area is 147 Å². The molecule has 1 saturated heterocycles. The van der Waals surface area contributed by atoms with Crippen molar-refractivity contribution < 1.29 is 4.79 Å². The molecule has 25 heavy (non-hydrogen) atoms. The lowest BCUT2D eigenvalue weighted by atomic mass is 9.91. The van der Waals surface area contributed by atoms with Crippen LogP contribution in [0.3, 0.4) is 0 Å². The number of benzene rings is 1. The third kappa shape index (κ3) is 3.11. The second-order valence-electron chi connectivity index (χ2n) is 7.37. The molecule has 6 nitrogen and oxygen atoms in total. The average molecular weight is 342 g/mol. The predicted molar refractivity (Wildman–Crippen MR) is 97.6 cm³/mol. The van der Waals surface area contributed by atoms with Crippen molar-refractivity contribution in [2.24, 2.45) is 7.05 Å². The maximum Gasteiger partial charge on any atom is 0.329 e. The van der Waals surface area contributed by atoms with Crippen LogP contribution in [-0.4, -0.2) is 45.1 Å². The topological polar surface area (TPSA) is 59.3 Å². The van der Waals surface area contributed by atoms with E-state index >= 15 is 0 Å². The fourth-order valence-corrected chi connectivity index (χ4v) is 3.96. The summed E-state index contributed by atoms with van der Waals surface area (Å²) >= 11 is 0. The largest absolute Gasteiger partial charge is 0.341 e. The minimum absolute atomic E-state index is 0.0422. The van der Waals surface area contributed by atoms with E-state index in [-0.39, 0.29) is 18.1 Å². The van der Waals surface area contributed by atoms with Gasteiger partial charge in [-0.25, -0.2) is 4.79 Å². The summed E-state index contributed by atoms with van der Waals surface area (Å²) in [7, 11) is 1.75. The highest BCUT2D eigenvalue weighted by molar-refractivity contribution is 5.81. The van der Waals surface area contributed by atoms with Crippen molar-refractivity contribution in [2.75, 3.05) is 13.1 Å². The first-order chi connectivity index (χ1) is 12.1. The van der Waals surface area contributed by atoms with Gasteiger partial charge in [0.05, 0.1) is 11.0 Å². The van der Waals surface area contributed by atoms with Gasteiger partial charge in [0, 0.05) is 32.2 Å². The smallest absolute Gasteiger partial charge is 0.329 e. The Kier molecular flexibility index (Phi) is 4.37. The molecular formula is C19H26N4O2. The van der Waals surface area contributed by atoms with E-state index in [1.165, 1.54) is 19.3 Å². The van der Waals surface area contributed by atoms with Crippen LogP contribution in [0, 0.1) is 0 Å². The zero-order chi connectivity index (χ0) is 17.4. The highest BCUT2D eigenvalue weighted by Crippen LogP contribution is 2.21. The maximum absolute atomic E-state index is 12.7. The molecule has 0 atom stereocenters. The number of fused-ring (bicyclic) bond motifs is 1. The van der Waals surface area contributed by atoms with Crippen molar-refractivity contribution >= 4 is 16.9 Å². The molecule has 1 saturated carbocycles. The molecule has 0 spiro atoms. The van der Waals surface area contributed by atoms with Crippen LogP contribution in [0.5, 0.6) is 0 Å². The van der Waals surface area contributed by atoms with E-state index in [1.807, 2.05) is 29.2 Å². The quantitative estimate of drug-likeness (QED) is 0.915. The molecule has 0 bridgehead atoms. The summed E-state index contributed by atoms with van der Waals surface area (Å²) in [5.41, 5.74) is 1.56. The number of nitrogens with zero attached hydrogens (tertiary/aromatic N) is 3. The van der Waals surface area contributed by atoms with Crippen LogP contribution in [0.1, 0.15) is 32.1 Å². The maximum atomic E-state index is 12.7. The standard InChI is InChI=1S/C19H26N4O2/c1-21-16-7-2-3-8-17(16)23(19(21)25)13-18(24)22-11-9-15(10-12-22)20-14-5-4-6-14/h2-3,7-8,14-15,20H,4-6,9-13H2,1H3. The van der Waals surface area contributed by atoms with Gasteiger partial charge in [0.15, 0.2) is 0 Å². The number of hydrogen-bond donors (Lipinski definition) is 1. The number of carbonyl (C=O) groups excluding carboxylic acids is 1. The first-order valence-electron chi connectivity index (χ1n) is 9.31. The van der Waals surface area contributed by atoms with Crippen molar-refractivity contribution in [2.45, 2.75) is 50.7 Å². The summed E-state index contributed by atoms with van der Waals surface area (Å²) in [6, 6.07) is 8.86.